The molecule has 0 aliphatic carbocycles. The van der Waals surface area contributed by atoms with Gasteiger partial charge in [-0.25, -0.2) is 0 Å². The Morgan fingerprint density at radius 3 is 2.65 bits per heavy atom. The van der Waals surface area contributed by atoms with Crippen molar-refractivity contribution in [2.45, 2.75) is 39.7 Å². The second-order valence-corrected chi connectivity index (χ2v) is 8.15. The van der Waals surface area contributed by atoms with Crippen LogP contribution in [0.2, 0.25) is 0 Å². The fourth-order valence-corrected chi connectivity index (χ4v) is 3.28. The van der Waals surface area contributed by atoms with Crippen LogP contribution in [-0.4, -0.2) is 39.4 Å². The fourth-order valence-electron chi connectivity index (χ4n) is 3.28. The van der Waals surface area contributed by atoms with Crippen LogP contribution in [0.25, 0.3) is 5.65 Å². The molecular formula is C19H26N6O. The number of aryl methyl sites for hydroxylation is 1. The van der Waals surface area contributed by atoms with Crippen LogP contribution in [0.15, 0.2) is 28.7 Å². The third-order valence-electron chi connectivity index (χ3n) is 4.73. The number of fused-ring (bicyclic) bond motifs is 1. The molecule has 1 saturated heterocycles. The summed E-state index contributed by atoms with van der Waals surface area (Å²) in [4.78, 5) is 2.30. The molecule has 0 unspecified atom stereocenters. The van der Waals surface area contributed by atoms with E-state index in [1.54, 1.807) is 0 Å². The normalized spacial score (nSPS) is 15.6. The van der Waals surface area contributed by atoms with Crippen LogP contribution >= 0.6 is 0 Å². The van der Waals surface area contributed by atoms with Gasteiger partial charge in [-0.3, -0.25) is 0 Å². The molecule has 0 amide bonds. The molecule has 4 heterocycles. The van der Waals surface area contributed by atoms with E-state index in [0.29, 0.717) is 5.92 Å². The lowest BCUT2D eigenvalue weighted by atomic mass is 9.96. The number of nitrogens with zero attached hydrogens (tertiary/aromatic N) is 5. The van der Waals surface area contributed by atoms with Gasteiger partial charge < -0.3 is 14.6 Å². The average molecular weight is 354 g/mol. The Labute approximate surface area is 153 Å². The highest BCUT2D eigenvalue weighted by Crippen LogP contribution is 2.25. The van der Waals surface area contributed by atoms with E-state index in [9.17, 15) is 0 Å². The molecule has 4 rings (SSSR count). The summed E-state index contributed by atoms with van der Waals surface area (Å²) in [6, 6.07) is 8.06. The number of aromatic nitrogens is 4. The van der Waals surface area contributed by atoms with Gasteiger partial charge in [-0.2, -0.15) is 4.52 Å². The molecule has 0 atom stereocenters. The summed E-state index contributed by atoms with van der Waals surface area (Å²) < 4.78 is 7.46. The van der Waals surface area contributed by atoms with Crippen LogP contribution < -0.4 is 10.2 Å². The Hall–Kier alpha value is -2.41. The molecule has 0 bridgehead atoms. The molecule has 3 aromatic heterocycles. The Morgan fingerprint density at radius 2 is 1.96 bits per heavy atom. The van der Waals surface area contributed by atoms with Crippen molar-refractivity contribution in [3.63, 3.8) is 0 Å². The zero-order valence-electron chi connectivity index (χ0n) is 15.9. The summed E-state index contributed by atoms with van der Waals surface area (Å²) in [6.45, 7) is 12.1. The van der Waals surface area contributed by atoms with Crippen LogP contribution in [0.1, 0.15) is 38.1 Å². The minimum absolute atomic E-state index is 0.0867. The van der Waals surface area contributed by atoms with Crippen LogP contribution in [-0.2, 0) is 12.0 Å². The largest absolute Gasteiger partial charge is 0.465 e. The summed E-state index contributed by atoms with van der Waals surface area (Å²) in [7, 11) is 0. The van der Waals surface area contributed by atoms with E-state index in [0.717, 1.165) is 55.0 Å². The van der Waals surface area contributed by atoms with E-state index in [2.05, 4.69) is 41.2 Å². The minimum Gasteiger partial charge on any atom is -0.465 e. The number of nitrogens with one attached hydrogen (secondary N) is 1. The van der Waals surface area contributed by atoms with Gasteiger partial charge in [-0.15, -0.1) is 15.3 Å². The molecule has 0 radical (unpaired) electrons. The summed E-state index contributed by atoms with van der Waals surface area (Å²) >= 11 is 0. The van der Waals surface area contributed by atoms with Gasteiger partial charge in [0.25, 0.3) is 0 Å². The van der Waals surface area contributed by atoms with Crippen molar-refractivity contribution in [3.05, 3.63) is 41.6 Å². The van der Waals surface area contributed by atoms with E-state index < -0.39 is 0 Å². The third-order valence-corrected chi connectivity index (χ3v) is 4.73. The number of anilines is 1. The Bertz CT molecular complexity index is 900. The van der Waals surface area contributed by atoms with Gasteiger partial charge in [0.15, 0.2) is 11.5 Å². The van der Waals surface area contributed by atoms with E-state index >= 15 is 0 Å². The third kappa shape index (κ3) is 3.31. The van der Waals surface area contributed by atoms with Gasteiger partial charge >= 0.3 is 0 Å². The minimum atomic E-state index is -0.0867. The van der Waals surface area contributed by atoms with Crippen LogP contribution in [0.4, 0.5) is 5.82 Å². The maximum absolute atomic E-state index is 5.58. The molecule has 138 valence electrons. The van der Waals surface area contributed by atoms with E-state index in [4.69, 9.17) is 9.52 Å². The highest BCUT2D eigenvalue weighted by Gasteiger charge is 2.29. The first-order valence-electron chi connectivity index (χ1n) is 9.14. The summed E-state index contributed by atoms with van der Waals surface area (Å²) in [5.74, 6) is 4.46. The molecule has 1 aliphatic heterocycles. The van der Waals surface area contributed by atoms with Gasteiger partial charge in [0.2, 0.25) is 0 Å². The molecule has 7 nitrogen and oxygen atoms in total. The zero-order chi connectivity index (χ0) is 18.3. The highest BCUT2D eigenvalue weighted by molar-refractivity contribution is 5.47. The molecule has 1 aliphatic rings. The van der Waals surface area contributed by atoms with E-state index in [1.807, 2.05) is 35.7 Å². The molecule has 1 N–H and O–H groups in total. The summed E-state index contributed by atoms with van der Waals surface area (Å²) in [6.07, 6.45) is 0. The predicted molar refractivity (Wildman–Crippen MR) is 100 cm³/mol. The summed E-state index contributed by atoms with van der Waals surface area (Å²) in [5.41, 5.74) is 0.711. The Morgan fingerprint density at radius 1 is 1.15 bits per heavy atom. The van der Waals surface area contributed by atoms with Gasteiger partial charge in [-0.1, -0.05) is 20.8 Å². The van der Waals surface area contributed by atoms with E-state index in [-0.39, 0.29) is 5.41 Å². The van der Waals surface area contributed by atoms with Crippen molar-refractivity contribution in [2.75, 3.05) is 24.5 Å². The fraction of sp³-hybridized carbons (Fsp3) is 0.526. The molecule has 1 fully saturated rings. The quantitative estimate of drug-likeness (QED) is 0.759. The molecule has 0 spiro atoms. The smallest absolute Gasteiger partial charge is 0.178 e. The molecule has 3 aromatic rings. The molecular weight excluding hydrogens is 328 g/mol. The van der Waals surface area contributed by atoms with Crippen molar-refractivity contribution in [2.24, 2.45) is 5.92 Å². The van der Waals surface area contributed by atoms with Crippen LogP contribution in [0.5, 0.6) is 0 Å². The highest BCUT2D eigenvalue weighted by atomic mass is 16.3. The predicted octanol–water partition coefficient (Wildman–Crippen LogP) is 2.55. The van der Waals surface area contributed by atoms with Gasteiger partial charge in [0.1, 0.15) is 17.3 Å². The first kappa shape index (κ1) is 17.0. The molecule has 0 aromatic carbocycles. The Balaban J connectivity index is 1.35. The van der Waals surface area contributed by atoms with Crippen molar-refractivity contribution in [1.82, 2.24) is 25.1 Å². The second-order valence-electron chi connectivity index (χ2n) is 8.15. The lowest BCUT2D eigenvalue weighted by Gasteiger charge is -2.40. The number of rotatable bonds is 5. The number of hydrogen-bond acceptors (Lipinski definition) is 6. The SMILES string of the molecule is Cc1ccc(CNCC2CN(c3ccc4nnc(C(C)(C)C)n4n3)C2)o1. The lowest BCUT2D eigenvalue weighted by Crippen LogP contribution is -2.51. The standard InChI is InChI=1S/C19H26N6O/c1-13-5-6-15(26-13)10-20-9-14-11-24(12-14)17-8-7-16-21-22-18(19(2,3)4)25(16)23-17/h5-8,14,20H,9-12H2,1-4H3. The molecule has 7 heteroatoms. The maximum atomic E-state index is 5.58. The second kappa shape index (κ2) is 6.39. The van der Waals surface area contributed by atoms with Gasteiger partial charge in [-0.05, 0) is 31.2 Å². The van der Waals surface area contributed by atoms with Crippen molar-refractivity contribution < 1.29 is 4.42 Å². The van der Waals surface area contributed by atoms with Crippen molar-refractivity contribution in [3.8, 4) is 0 Å². The van der Waals surface area contributed by atoms with E-state index in [1.165, 1.54) is 0 Å². The molecule has 26 heavy (non-hydrogen) atoms. The first-order valence-corrected chi connectivity index (χ1v) is 9.14. The maximum Gasteiger partial charge on any atom is 0.178 e. The average Bonchev–Trinajstić information content (AvgIpc) is 3.14. The monoisotopic (exact) mass is 354 g/mol. The first-order chi connectivity index (χ1) is 12.4. The van der Waals surface area contributed by atoms with Gasteiger partial charge in [0.05, 0.1) is 6.54 Å². The zero-order valence-corrected chi connectivity index (χ0v) is 15.9. The van der Waals surface area contributed by atoms with Crippen LogP contribution in [0, 0.1) is 12.8 Å². The topological polar surface area (TPSA) is 71.5 Å². The van der Waals surface area contributed by atoms with Crippen molar-refractivity contribution in [1.29, 1.82) is 0 Å². The lowest BCUT2D eigenvalue weighted by molar-refractivity contribution is 0.369. The van der Waals surface area contributed by atoms with Gasteiger partial charge in [0, 0.05) is 31.0 Å². The number of furan rings is 1. The number of hydrogen-bond donors (Lipinski definition) is 1. The molecule has 0 saturated carbocycles. The van der Waals surface area contributed by atoms with Crippen LogP contribution in [0.3, 0.4) is 0 Å². The summed E-state index contributed by atoms with van der Waals surface area (Å²) in [5, 5.41) is 16.8. The Kier molecular flexibility index (Phi) is 4.19. The van der Waals surface area contributed by atoms with Crippen molar-refractivity contribution >= 4 is 11.5 Å².